The predicted octanol–water partition coefficient (Wildman–Crippen LogP) is 2.66. The van der Waals surface area contributed by atoms with E-state index in [-0.39, 0.29) is 5.92 Å². The number of aryl methyl sites for hydroxylation is 1. The fourth-order valence-electron chi connectivity index (χ4n) is 2.94. The first-order valence-electron chi connectivity index (χ1n) is 8.17. The summed E-state index contributed by atoms with van der Waals surface area (Å²) in [6.45, 7) is 10.1. The molecule has 1 fully saturated rings. The van der Waals surface area contributed by atoms with Crippen molar-refractivity contribution >= 4 is 11.3 Å². The van der Waals surface area contributed by atoms with Gasteiger partial charge in [-0.1, -0.05) is 19.0 Å². The van der Waals surface area contributed by atoms with Crippen molar-refractivity contribution in [2.75, 3.05) is 20.1 Å². The molecule has 3 heterocycles. The maximum absolute atomic E-state index is 5.29. The molecule has 0 bridgehead atoms. The molecule has 1 aliphatic rings. The minimum absolute atomic E-state index is 0.282. The van der Waals surface area contributed by atoms with Crippen molar-refractivity contribution < 1.29 is 4.52 Å². The second-order valence-electron chi connectivity index (χ2n) is 6.65. The third-order valence-corrected chi connectivity index (χ3v) is 5.11. The lowest BCUT2D eigenvalue weighted by atomic mass is 10.2. The summed E-state index contributed by atoms with van der Waals surface area (Å²) in [7, 11) is 2.15. The second kappa shape index (κ2) is 7.07. The van der Waals surface area contributed by atoms with Crippen LogP contribution < -0.4 is 0 Å². The maximum Gasteiger partial charge on any atom is 0.229 e. The molecule has 3 rings (SSSR count). The molecule has 0 aliphatic carbocycles. The fraction of sp³-hybridized carbons (Fsp3) is 0.688. The zero-order chi connectivity index (χ0) is 16.4. The standard InChI is InChI=1S/C16H25N5OS/c1-11(2)16-18-15(19-22-16)9-20(4)14-5-6-21(8-14)7-13-10-23-12(3)17-13/h10-11,14H,5-9H2,1-4H3/t14-/m0/s1. The van der Waals surface area contributed by atoms with Gasteiger partial charge in [0.05, 0.1) is 17.2 Å². The number of hydrogen-bond acceptors (Lipinski definition) is 7. The molecule has 23 heavy (non-hydrogen) atoms. The summed E-state index contributed by atoms with van der Waals surface area (Å²) in [5.41, 5.74) is 1.19. The van der Waals surface area contributed by atoms with Gasteiger partial charge in [-0.15, -0.1) is 11.3 Å². The second-order valence-corrected chi connectivity index (χ2v) is 7.72. The molecular formula is C16H25N5OS. The van der Waals surface area contributed by atoms with Crippen LogP contribution in [0.3, 0.4) is 0 Å². The first-order chi connectivity index (χ1) is 11.0. The van der Waals surface area contributed by atoms with E-state index < -0.39 is 0 Å². The Hall–Kier alpha value is -1.31. The molecule has 7 heteroatoms. The van der Waals surface area contributed by atoms with Crippen LogP contribution in [0, 0.1) is 6.92 Å². The van der Waals surface area contributed by atoms with Crippen LogP contribution in [-0.2, 0) is 13.1 Å². The number of hydrogen-bond donors (Lipinski definition) is 0. The Kier molecular flexibility index (Phi) is 5.08. The van der Waals surface area contributed by atoms with Crippen molar-refractivity contribution in [1.29, 1.82) is 0 Å². The normalized spacial score (nSPS) is 19.3. The Labute approximate surface area is 141 Å². The average Bonchev–Trinajstić information content (AvgIpc) is 3.20. The first-order valence-corrected chi connectivity index (χ1v) is 9.05. The SMILES string of the molecule is Cc1nc(CN2CC[C@H](N(C)Cc3noc(C(C)C)n3)C2)cs1. The zero-order valence-corrected chi connectivity index (χ0v) is 15.1. The van der Waals surface area contributed by atoms with Gasteiger partial charge in [0.2, 0.25) is 5.89 Å². The smallest absolute Gasteiger partial charge is 0.229 e. The van der Waals surface area contributed by atoms with Crippen LogP contribution in [0.5, 0.6) is 0 Å². The van der Waals surface area contributed by atoms with Gasteiger partial charge in [-0.3, -0.25) is 9.80 Å². The van der Waals surface area contributed by atoms with Gasteiger partial charge >= 0.3 is 0 Å². The molecule has 1 aliphatic heterocycles. The Morgan fingerprint density at radius 2 is 2.26 bits per heavy atom. The summed E-state index contributed by atoms with van der Waals surface area (Å²) in [6, 6.07) is 0.538. The Balaban J connectivity index is 1.51. The summed E-state index contributed by atoms with van der Waals surface area (Å²) >= 11 is 1.73. The number of aromatic nitrogens is 3. The number of rotatable bonds is 6. The Bertz CT molecular complexity index is 638. The molecule has 6 nitrogen and oxygen atoms in total. The summed E-state index contributed by atoms with van der Waals surface area (Å²) in [4.78, 5) is 13.8. The van der Waals surface area contributed by atoms with Crippen LogP contribution in [-0.4, -0.2) is 51.1 Å². The van der Waals surface area contributed by atoms with E-state index in [1.54, 1.807) is 11.3 Å². The maximum atomic E-state index is 5.29. The molecular weight excluding hydrogens is 310 g/mol. The summed E-state index contributed by atoms with van der Waals surface area (Å²) in [5, 5.41) is 7.40. The van der Waals surface area contributed by atoms with Crippen molar-refractivity contribution in [3.05, 3.63) is 27.8 Å². The molecule has 0 N–H and O–H groups in total. The van der Waals surface area contributed by atoms with Gasteiger partial charge in [-0.05, 0) is 20.4 Å². The summed E-state index contributed by atoms with van der Waals surface area (Å²) in [6.07, 6.45) is 1.18. The molecule has 2 aromatic heterocycles. The molecule has 0 amide bonds. The number of likely N-dealkylation sites (N-methyl/N-ethyl adjacent to an activating group) is 1. The minimum atomic E-state index is 0.282. The molecule has 1 atom stereocenters. The van der Waals surface area contributed by atoms with E-state index in [4.69, 9.17) is 4.52 Å². The fourth-order valence-corrected chi connectivity index (χ4v) is 3.55. The van der Waals surface area contributed by atoms with E-state index >= 15 is 0 Å². The van der Waals surface area contributed by atoms with E-state index in [1.165, 1.54) is 12.1 Å². The highest BCUT2D eigenvalue weighted by Gasteiger charge is 2.27. The first kappa shape index (κ1) is 16.5. The predicted molar refractivity (Wildman–Crippen MR) is 90.4 cm³/mol. The van der Waals surface area contributed by atoms with Gasteiger partial charge in [0, 0.05) is 37.0 Å². The van der Waals surface area contributed by atoms with E-state index in [0.717, 1.165) is 42.9 Å². The van der Waals surface area contributed by atoms with Crippen LogP contribution >= 0.6 is 11.3 Å². The minimum Gasteiger partial charge on any atom is -0.339 e. The van der Waals surface area contributed by atoms with Crippen LogP contribution in [0.2, 0.25) is 0 Å². The zero-order valence-electron chi connectivity index (χ0n) is 14.3. The Morgan fingerprint density at radius 3 is 2.91 bits per heavy atom. The van der Waals surface area contributed by atoms with E-state index in [9.17, 15) is 0 Å². The number of nitrogens with zero attached hydrogens (tertiary/aromatic N) is 5. The number of thiazole rings is 1. The number of likely N-dealkylation sites (tertiary alicyclic amines) is 1. The quantitative estimate of drug-likeness (QED) is 0.809. The van der Waals surface area contributed by atoms with E-state index in [1.807, 2.05) is 0 Å². The lowest BCUT2D eigenvalue weighted by Crippen LogP contribution is -2.34. The van der Waals surface area contributed by atoms with Crippen LogP contribution in [0.25, 0.3) is 0 Å². The largest absolute Gasteiger partial charge is 0.339 e. The third kappa shape index (κ3) is 4.16. The van der Waals surface area contributed by atoms with Crippen LogP contribution in [0.4, 0.5) is 0 Å². The van der Waals surface area contributed by atoms with E-state index in [0.29, 0.717) is 6.04 Å². The molecule has 126 valence electrons. The van der Waals surface area contributed by atoms with Crippen molar-refractivity contribution in [1.82, 2.24) is 24.9 Å². The van der Waals surface area contributed by atoms with E-state index in [2.05, 4.69) is 58.1 Å². The molecule has 1 saturated heterocycles. The highest BCUT2D eigenvalue weighted by atomic mass is 32.1. The molecule has 0 radical (unpaired) electrons. The average molecular weight is 335 g/mol. The lowest BCUT2D eigenvalue weighted by molar-refractivity contribution is 0.215. The molecule has 0 saturated carbocycles. The summed E-state index contributed by atoms with van der Waals surface area (Å²) < 4.78 is 5.29. The van der Waals surface area contributed by atoms with Crippen molar-refractivity contribution in [2.24, 2.45) is 0 Å². The van der Waals surface area contributed by atoms with Crippen molar-refractivity contribution in [3.63, 3.8) is 0 Å². The molecule has 0 spiro atoms. The van der Waals surface area contributed by atoms with Gasteiger partial charge < -0.3 is 4.52 Å². The molecule has 0 unspecified atom stereocenters. The highest BCUT2D eigenvalue weighted by Crippen LogP contribution is 2.20. The van der Waals surface area contributed by atoms with Gasteiger partial charge in [0.25, 0.3) is 0 Å². The monoisotopic (exact) mass is 335 g/mol. The van der Waals surface area contributed by atoms with Gasteiger partial charge in [0.1, 0.15) is 0 Å². The lowest BCUT2D eigenvalue weighted by Gasteiger charge is -2.23. The Morgan fingerprint density at radius 1 is 1.43 bits per heavy atom. The highest BCUT2D eigenvalue weighted by molar-refractivity contribution is 7.09. The van der Waals surface area contributed by atoms with Gasteiger partial charge in [0.15, 0.2) is 5.82 Å². The van der Waals surface area contributed by atoms with Crippen molar-refractivity contribution in [3.8, 4) is 0 Å². The van der Waals surface area contributed by atoms with Crippen LogP contribution in [0.15, 0.2) is 9.90 Å². The third-order valence-electron chi connectivity index (χ3n) is 4.29. The van der Waals surface area contributed by atoms with Crippen LogP contribution in [0.1, 0.15) is 48.6 Å². The molecule has 0 aromatic carbocycles. The van der Waals surface area contributed by atoms with Gasteiger partial charge in [-0.25, -0.2) is 4.98 Å². The molecule has 2 aromatic rings. The van der Waals surface area contributed by atoms with Crippen molar-refractivity contribution in [2.45, 2.75) is 52.2 Å². The topological polar surface area (TPSA) is 58.3 Å². The van der Waals surface area contributed by atoms with Gasteiger partial charge in [-0.2, -0.15) is 4.98 Å². The summed E-state index contributed by atoms with van der Waals surface area (Å²) in [5.74, 6) is 1.79.